The minimum Gasteiger partial charge on any atom is -0.469 e. The third-order valence-corrected chi connectivity index (χ3v) is 2.80. The Morgan fingerprint density at radius 2 is 2.15 bits per heavy atom. The van der Waals surface area contributed by atoms with Crippen LogP contribution in [0.1, 0.15) is 13.3 Å². The first-order chi connectivity index (χ1) is 6.06. The smallest absolute Gasteiger partial charge is 0.308 e. The molecule has 76 valence electrons. The molecule has 0 aliphatic carbocycles. The maximum absolute atomic E-state index is 11.1. The highest BCUT2D eigenvalue weighted by molar-refractivity contribution is 5.69. The van der Waals surface area contributed by atoms with E-state index in [9.17, 15) is 4.79 Å². The zero-order valence-corrected chi connectivity index (χ0v) is 8.78. The quantitative estimate of drug-likeness (QED) is 0.574. The van der Waals surface area contributed by atoms with Gasteiger partial charge >= 0.3 is 5.97 Å². The lowest BCUT2D eigenvalue weighted by Gasteiger charge is -2.24. The van der Waals surface area contributed by atoms with Gasteiger partial charge in [-0.2, -0.15) is 0 Å². The van der Waals surface area contributed by atoms with Crippen molar-refractivity contribution in [3.63, 3.8) is 0 Å². The van der Waals surface area contributed by atoms with Crippen LogP contribution in [0.2, 0.25) is 0 Å². The second-order valence-corrected chi connectivity index (χ2v) is 3.71. The molecule has 0 aromatic heterocycles. The van der Waals surface area contributed by atoms with Crippen LogP contribution in [0.5, 0.6) is 0 Å². The Kier molecular flexibility index (Phi) is 3.27. The van der Waals surface area contributed by atoms with Crippen LogP contribution in [0, 0.1) is 0 Å². The van der Waals surface area contributed by atoms with E-state index in [-0.39, 0.29) is 12.1 Å². The van der Waals surface area contributed by atoms with Crippen molar-refractivity contribution < 1.29 is 9.53 Å². The molecule has 1 aliphatic heterocycles. The monoisotopic (exact) mass is 186 g/mol. The fraction of sp³-hybridized carbons (Fsp3) is 0.889. The Balaban J connectivity index is 2.53. The highest BCUT2D eigenvalue weighted by Crippen LogP contribution is 2.19. The van der Waals surface area contributed by atoms with Crippen LogP contribution >= 0.6 is 0 Å². The molecule has 0 bridgehead atoms. The molecular formula is C9H18N2O2. The molecule has 1 saturated heterocycles. The molecule has 0 saturated carbocycles. The van der Waals surface area contributed by atoms with Gasteiger partial charge in [-0.25, -0.2) is 0 Å². The molecule has 1 fully saturated rings. The maximum Gasteiger partial charge on any atom is 0.308 e. The van der Waals surface area contributed by atoms with Crippen LogP contribution in [-0.4, -0.2) is 55.7 Å². The molecule has 2 unspecified atom stereocenters. The average Bonchev–Trinajstić information content (AvgIpc) is 2.32. The predicted octanol–water partition coefficient (Wildman–Crippen LogP) is 0.141. The van der Waals surface area contributed by atoms with Crippen molar-refractivity contribution in [3.8, 4) is 0 Å². The van der Waals surface area contributed by atoms with E-state index >= 15 is 0 Å². The highest BCUT2D eigenvalue weighted by atomic mass is 16.5. The van der Waals surface area contributed by atoms with Gasteiger partial charge in [0.2, 0.25) is 0 Å². The van der Waals surface area contributed by atoms with E-state index < -0.39 is 0 Å². The topological polar surface area (TPSA) is 32.8 Å². The Labute approximate surface area is 79.4 Å². The molecular weight excluding hydrogens is 168 g/mol. The van der Waals surface area contributed by atoms with E-state index in [4.69, 9.17) is 0 Å². The molecule has 1 heterocycles. The van der Waals surface area contributed by atoms with E-state index in [0.29, 0.717) is 12.5 Å². The Morgan fingerprint density at radius 3 is 2.54 bits per heavy atom. The number of rotatable bonds is 2. The van der Waals surface area contributed by atoms with E-state index in [0.717, 1.165) is 6.54 Å². The summed E-state index contributed by atoms with van der Waals surface area (Å²) in [5.74, 6) is -0.141. The lowest BCUT2D eigenvalue weighted by molar-refractivity contribution is -0.142. The molecule has 1 rings (SSSR count). The largest absolute Gasteiger partial charge is 0.469 e. The minimum absolute atomic E-state index is 0.141. The van der Waals surface area contributed by atoms with Gasteiger partial charge in [-0.1, -0.05) is 0 Å². The van der Waals surface area contributed by atoms with E-state index in [1.165, 1.54) is 7.11 Å². The number of carbonyl (C=O) groups is 1. The van der Waals surface area contributed by atoms with Crippen LogP contribution in [-0.2, 0) is 9.53 Å². The van der Waals surface area contributed by atoms with E-state index in [1.54, 1.807) is 0 Å². The predicted molar refractivity (Wildman–Crippen MR) is 50.3 cm³/mol. The molecule has 2 atom stereocenters. The summed E-state index contributed by atoms with van der Waals surface area (Å²) in [6.07, 6.45) is 0.649. The van der Waals surface area contributed by atoms with Crippen molar-refractivity contribution >= 4 is 5.97 Å². The van der Waals surface area contributed by atoms with Crippen molar-refractivity contribution in [2.24, 2.45) is 0 Å². The fourth-order valence-corrected chi connectivity index (χ4v) is 1.80. The lowest BCUT2D eigenvalue weighted by Crippen LogP contribution is -2.37. The summed E-state index contributed by atoms with van der Waals surface area (Å²) >= 11 is 0. The molecule has 0 radical (unpaired) electrons. The number of hydrogen-bond donors (Lipinski definition) is 0. The molecule has 0 aromatic carbocycles. The van der Waals surface area contributed by atoms with Crippen LogP contribution in [0.3, 0.4) is 0 Å². The van der Waals surface area contributed by atoms with Crippen molar-refractivity contribution in [2.75, 3.05) is 27.7 Å². The molecule has 0 aromatic rings. The van der Waals surface area contributed by atoms with E-state index in [2.05, 4.69) is 21.5 Å². The van der Waals surface area contributed by atoms with Gasteiger partial charge in [0.25, 0.3) is 0 Å². The second kappa shape index (κ2) is 4.07. The number of esters is 1. The molecule has 0 amide bonds. The van der Waals surface area contributed by atoms with Crippen molar-refractivity contribution in [2.45, 2.75) is 25.6 Å². The number of ether oxygens (including phenoxy) is 1. The molecule has 0 spiro atoms. The number of hydrogen-bond acceptors (Lipinski definition) is 4. The summed E-state index contributed by atoms with van der Waals surface area (Å²) in [6, 6.07) is 0.514. The van der Waals surface area contributed by atoms with Gasteiger partial charge in [-0.3, -0.25) is 14.6 Å². The Hall–Kier alpha value is -0.610. The highest BCUT2D eigenvalue weighted by Gasteiger charge is 2.33. The average molecular weight is 186 g/mol. The molecule has 1 aliphatic rings. The third kappa shape index (κ3) is 2.19. The summed E-state index contributed by atoms with van der Waals surface area (Å²) in [6.45, 7) is 3.17. The van der Waals surface area contributed by atoms with Gasteiger partial charge in [0.15, 0.2) is 0 Å². The normalized spacial score (nSPS) is 30.8. The van der Waals surface area contributed by atoms with Crippen molar-refractivity contribution in [1.82, 2.24) is 9.80 Å². The standard InChI is InChI=1S/C9H18N2O2/c1-7-6-10(2)8(11(7)3)5-9(12)13-4/h7-8H,5-6H2,1-4H3. The number of carbonyl (C=O) groups excluding carboxylic acids is 1. The van der Waals surface area contributed by atoms with Gasteiger partial charge in [0.1, 0.15) is 0 Å². The lowest BCUT2D eigenvalue weighted by atomic mass is 10.3. The molecule has 4 heteroatoms. The van der Waals surface area contributed by atoms with Gasteiger partial charge in [0.05, 0.1) is 19.7 Å². The van der Waals surface area contributed by atoms with Gasteiger partial charge in [0, 0.05) is 12.6 Å². The third-order valence-electron chi connectivity index (χ3n) is 2.80. The zero-order chi connectivity index (χ0) is 10.0. The summed E-state index contributed by atoms with van der Waals surface area (Å²) < 4.78 is 4.65. The summed E-state index contributed by atoms with van der Waals surface area (Å²) in [4.78, 5) is 15.5. The first kappa shape index (κ1) is 10.5. The first-order valence-corrected chi connectivity index (χ1v) is 4.55. The first-order valence-electron chi connectivity index (χ1n) is 4.55. The summed E-state index contributed by atoms with van der Waals surface area (Å²) in [7, 11) is 5.51. The Bertz CT molecular complexity index is 196. The molecule has 4 nitrogen and oxygen atoms in total. The van der Waals surface area contributed by atoms with E-state index in [1.807, 2.05) is 14.1 Å². The maximum atomic E-state index is 11.1. The van der Waals surface area contributed by atoms with Gasteiger partial charge in [-0.05, 0) is 21.0 Å². The zero-order valence-electron chi connectivity index (χ0n) is 8.78. The SMILES string of the molecule is COC(=O)CC1N(C)CC(C)N1C. The van der Waals surface area contributed by atoms with Crippen molar-refractivity contribution in [1.29, 1.82) is 0 Å². The minimum atomic E-state index is -0.141. The fourth-order valence-electron chi connectivity index (χ4n) is 1.80. The number of methoxy groups -OCH3 is 1. The molecule has 0 N–H and O–H groups in total. The van der Waals surface area contributed by atoms with Crippen LogP contribution < -0.4 is 0 Å². The van der Waals surface area contributed by atoms with Gasteiger partial charge < -0.3 is 4.74 Å². The van der Waals surface area contributed by atoms with Crippen LogP contribution in [0.15, 0.2) is 0 Å². The summed E-state index contributed by atoms with van der Waals surface area (Å²) in [5, 5.41) is 0. The Morgan fingerprint density at radius 1 is 1.54 bits per heavy atom. The van der Waals surface area contributed by atoms with Crippen LogP contribution in [0.4, 0.5) is 0 Å². The summed E-state index contributed by atoms with van der Waals surface area (Å²) in [5.41, 5.74) is 0. The number of likely N-dealkylation sites (N-methyl/N-ethyl adjacent to an activating group) is 2. The number of nitrogens with zero attached hydrogens (tertiary/aromatic N) is 2. The second-order valence-electron chi connectivity index (χ2n) is 3.71. The van der Waals surface area contributed by atoms with Crippen molar-refractivity contribution in [3.05, 3.63) is 0 Å². The van der Waals surface area contributed by atoms with Crippen LogP contribution in [0.25, 0.3) is 0 Å². The molecule has 13 heavy (non-hydrogen) atoms. The van der Waals surface area contributed by atoms with Gasteiger partial charge in [-0.15, -0.1) is 0 Å².